The van der Waals surface area contributed by atoms with Crippen LogP contribution in [0.15, 0.2) is 65.1 Å². The molecule has 0 saturated heterocycles. The first-order valence-corrected chi connectivity index (χ1v) is 10.9. The van der Waals surface area contributed by atoms with Crippen molar-refractivity contribution in [2.45, 2.75) is 20.8 Å². The minimum absolute atomic E-state index is 0.0884. The number of carbonyl (C=O) groups is 1. The van der Waals surface area contributed by atoms with Gasteiger partial charge in [-0.25, -0.2) is 9.67 Å². The minimum atomic E-state index is -0.372. The first kappa shape index (κ1) is 21.3. The van der Waals surface area contributed by atoms with Gasteiger partial charge in [-0.05, 0) is 92.1 Å². The van der Waals surface area contributed by atoms with E-state index in [1.54, 1.807) is 16.8 Å². The topological polar surface area (TPSA) is 59.8 Å². The molecule has 7 heteroatoms. The fourth-order valence-corrected chi connectivity index (χ4v) is 3.78. The van der Waals surface area contributed by atoms with Crippen molar-refractivity contribution < 1.29 is 4.79 Å². The summed E-state index contributed by atoms with van der Waals surface area (Å²) < 4.78 is 2.64. The van der Waals surface area contributed by atoms with Crippen LogP contribution < -0.4 is 5.32 Å². The average Bonchev–Trinajstić information content (AvgIpc) is 3.18. The Kier molecular flexibility index (Phi) is 5.94. The third-order valence-corrected chi connectivity index (χ3v) is 5.83. The van der Waals surface area contributed by atoms with Crippen molar-refractivity contribution in [3.05, 3.63) is 92.7 Å². The normalized spacial score (nSPS) is 10.9. The zero-order valence-electron chi connectivity index (χ0n) is 17.3. The van der Waals surface area contributed by atoms with Gasteiger partial charge in [0.15, 0.2) is 5.82 Å². The fourth-order valence-electron chi connectivity index (χ4n) is 3.18. The molecule has 0 saturated carbocycles. The largest absolute Gasteiger partial charge is 0.319 e. The summed E-state index contributed by atoms with van der Waals surface area (Å²) in [7, 11) is 0. The van der Waals surface area contributed by atoms with Gasteiger partial charge in [-0.3, -0.25) is 4.79 Å². The molecule has 1 heterocycles. The number of benzene rings is 3. The van der Waals surface area contributed by atoms with Gasteiger partial charge in [0, 0.05) is 20.7 Å². The van der Waals surface area contributed by atoms with E-state index in [0.29, 0.717) is 16.5 Å². The van der Waals surface area contributed by atoms with Crippen LogP contribution in [-0.4, -0.2) is 20.7 Å². The maximum absolute atomic E-state index is 13.0. The Morgan fingerprint density at radius 1 is 0.935 bits per heavy atom. The van der Waals surface area contributed by atoms with Crippen molar-refractivity contribution >= 4 is 39.1 Å². The zero-order valence-corrected chi connectivity index (χ0v) is 19.6. The van der Waals surface area contributed by atoms with Crippen molar-refractivity contribution in [1.29, 1.82) is 0 Å². The fraction of sp³-hybridized carbons (Fsp3) is 0.125. The Labute approximate surface area is 194 Å². The number of rotatable bonds is 4. The van der Waals surface area contributed by atoms with E-state index in [2.05, 4.69) is 38.3 Å². The quantitative estimate of drug-likeness (QED) is 0.350. The molecule has 0 unspecified atom stereocenters. The van der Waals surface area contributed by atoms with Gasteiger partial charge in [-0.1, -0.05) is 33.6 Å². The molecule has 1 aromatic heterocycles. The SMILES string of the molecule is Cc1ccc(-n2nc(C(=O)Nc3ccc(Br)cc3C)nc2-c2ccc(Cl)cc2)cc1C. The van der Waals surface area contributed by atoms with E-state index in [1.165, 1.54) is 5.56 Å². The molecule has 0 aliphatic rings. The molecule has 0 aliphatic carbocycles. The number of carbonyl (C=O) groups excluding carboxylic acids is 1. The second-order valence-electron chi connectivity index (χ2n) is 7.36. The molecule has 0 bridgehead atoms. The van der Waals surface area contributed by atoms with E-state index >= 15 is 0 Å². The molecule has 156 valence electrons. The number of anilines is 1. The Morgan fingerprint density at radius 3 is 2.35 bits per heavy atom. The van der Waals surface area contributed by atoms with E-state index in [4.69, 9.17) is 11.6 Å². The van der Waals surface area contributed by atoms with E-state index in [1.807, 2.05) is 62.4 Å². The molecule has 0 atom stereocenters. The minimum Gasteiger partial charge on any atom is -0.319 e. The third kappa shape index (κ3) is 4.55. The molecule has 31 heavy (non-hydrogen) atoms. The summed E-state index contributed by atoms with van der Waals surface area (Å²) in [4.78, 5) is 17.5. The van der Waals surface area contributed by atoms with Gasteiger partial charge in [0.2, 0.25) is 5.82 Å². The van der Waals surface area contributed by atoms with Gasteiger partial charge in [0.1, 0.15) is 0 Å². The standard InChI is InChI=1S/C24H20BrClN4O/c1-14-4-10-20(13-15(14)2)30-23(17-5-8-19(26)9-6-17)28-22(29-30)24(31)27-21-11-7-18(25)12-16(21)3/h4-13H,1-3H3,(H,27,31). The predicted octanol–water partition coefficient (Wildman–Crippen LogP) is 6.53. The summed E-state index contributed by atoms with van der Waals surface area (Å²) in [5, 5.41) is 8.08. The van der Waals surface area contributed by atoms with E-state index in [0.717, 1.165) is 26.9 Å². The van der Waals surface area contributed by atoms with Gasteiger partial charge in [0.25, 0.3) is 5.91 Å². The summed E-state index contributed by atoms with van der Waals surface area (Å²) in [5.74, 6) is 0.284. The molecule has 1 amide bonds. The second kappa shape index (κ2) is 8.65. The first-order valence-electron chi connectivity index (χ1n) is 9.70. The Morgan fingerprint density at radius 2 is 1.68 bits per heavy atom. The van der Waals surface area contributed by atoms with E-state index < -0.39 is 0 Å². The number of aryl methyl sites for hydroxylation is 3. The van der Waals surface area contributed by atoms with Crippen molar-refractivity contribution in [3.8, 4) is 17.1 Å². The molecule has 0 radical (unpaired) electrons. The van der Waals surface area contributed by atoms with Crippen molar-refractivity contribution in [2.75, 3.05) is 5.32 Å². The monoisotopic (exact) mass is 494 g/mol. The Hall–Kier alpha value is -2.96. The zero-order chi connectivity index (χ0) is 22.1. The number of nitrogens with one attached hydrogen (secondary N) is 1. The summed E-state index contributed by atoms with van der Waals surface area (Å²) in [6.45, 7) is 6.03. The third-order valence-electron chi connectivity index (χ3n) is 5.08. The number of amides is 1. The maximum Gasteiger partial charge on any atom is 0.295 e. The number of hydrogen-bond donors (Lipinski definition) is 1. The average molecular weight is 496 g/mol. The van der Waals surface area contributed by atoms with Gasteiger partial charge in [0.05, 0.1) is 5.69 Å². The van der Waals surface area contributed by atoms with Crippen LogP contribution in [0.25, 0.3) is 17.1 Å². The molecular formula is C24H20BrClN4O. The van der Waals surface area contributed by atoms with Crippen molar-refractivity contribution in [2.24, 2.45) is 0 Å². The van der Waals surface area contributed by atoms with Gasteiger partial charge in [-0.2, -0.15) is 0 Å². The summed E-state index contributed by atoms with van der Waals surface area (Å²) in [6, 6.07) is 19.0. The molecule has 4 rings (SSSR count). The number of halogens is 2. The van der Waals surface area contributed by atoms with Gasteiger partial charge >= 0.3 is 0 Å². The summed E-state index contributed by atoms with van der Waals surface area (Å²) >= 11 is 9.49. The highest BCUT2D eigenvalue weighted by Gasteiger charge is 2.20. The predicted molar refractivity (Wildman–Crippen MR) is 128 cm³/mol. The Bertz CT molecular complexity index is 1280. The summed E-state index contributed by atoms with van der Waals surface area (Å²) in [6.07, 6.45) is 0. The smallest absolute Gasteiger partial charge is 0.295 e. The molecule has 0 fully saturated rings. The second-order valence-corrected chi connectivity index (χ2v) is 8.71. The van der Waals surface area contributed by atoms with Crippen LogP contribution in [0, 0.1) is 20.8 Å². The molecular weight excluding hydrogens is 476 g/mol. The lowest BCUT2D eigenvalue weighted by Gasteiger charge is -2.08. The lowest BCUT2D eigenvalue weighted by Crippen LogP contribution is -2.15. The molecule has 1 N–H and O–H groups in total. The number of aromatic nitrogens is 3. The van der Waals surface area contributed by atoms with E-state index in [9.17, 15) is 4.79 Å². The van der Waals surface area contributed by atoms with Crippen molar-refractivity contribution in [3.63, 3.8) is 0 Å². The van der Waals surface area contributed by atoms with Gasteiger partial charge in [-0.15, -0.1) is 5.10 Å². The number of nitrogens with zero attached hydrogens (tertiary/aromatic N) is 3. The lowest BCUT2D eigenvalue weighted by atomic mass is 10.1. The van der Waals surface area contributed by atoms with E-state index in [-0.39, 0.29) is 11.7 Å². The van der Waals surface area contributed by atoms with Crippen LogP contribution in [-0.2, 0) is 0 Å². The highest BCUT2D eigenvalue weighted by molar-refractivity contribution is 9.10. The van der Waals surface area contributed by atoms with Crippen LogP contribution >= 0.6 is 27.5 Å². The van der Waals surface area contributed by atoms with Crippen LogP contribution in [0.5, 0.6) is 0 Å². The van der Waals surface area contributed by atoms with Crippen LogP contribution in [0.2, 0.25) is 5.02 Å². The highest BCUT2D eigenvalue weighted by atomic mass is 79.9. The molecule has 0 aliphatic heterocycles. The lowest BCUT2D eigenvalue weighted by molar-refractivity contribution is 0.101. The van der Waals surface area contributed by atoms with Gasteiger partial charge < -0.3 is 5.32 Å². The maximum atomic E-state index is 13.0. The van der Waals surface area contributed by atoms with Crippen LogP contribution in [0.4, 0.5) is 5.69 Å². The number of hydrogen-bond acceptors (Lipinski definition) is 3. The van der Waals surface area contributed by atoms with Crippen LogP contribution in [0.3, 0.4) is 0 Å². The molecule has 3 aromatic carbocycles. The Balaban J connectivity index is 1.77. The van der Waals surface area contributed by atoms with Crippen LogP contribution in [0.1, 0.15) is 27.3 Å². The summed E-state index contributed by atoms with van der Waals surface area (Å²) in [5.41, 5.74) is 5.61. The molecule has 0 spiro atoms. The first-order chi connectivity index (χ1) is 14.8. The van der Waals surface area contributed by atoms with Crippen molar-refractivity contribution in [1.82, 2.24) is 14.8 Å². The molecule has 5 nitrogen and oxygen atoms in total. The molecule has 4 aromatic rings. The highest BCUT2D eigenvalue weighted by Crippen LogP contribution is 2.25.